The predicted molar refractivity (Wildman–Crippen MR) is 77.0 cm³/mol. The van der Waals surface area contributed by atoms with Crippen LogP contribution in [0.1, 0.15) is 17.4 Å². The fraction of sp³-hybridized carbons (Fsp3) is 0.308. The zero-order valence-electron chi connectivity index (χ0n) is 11.3. The third-order valence-electron chi connectivity index (χ3n) is 2.15. The van der Waals surface area contributed by atoms with Gasteiger partial charge in [-0.15, -0.1) is 0 Å². The smallest absolute Gasteiger partial charge is 0.343 e. The number of hydrogen-bond donors (Lipinski definition) is 0. The Bertz CT molecular complexity index is 557. The van der Waals surface area contributed by atoms with Crippen LogP contribution in [-0.2, 0) is 9.53 Å². The second-order valence-electron chi connectivity index (χ2n) is 4.02. The molecule has 0 saturated heterocycles. The molecule has 0 unspecified atom stereocenters. The number of nitrogens with zero attached hydrogens (tertiary/aromatic N) is 2. The van der Waals surface area contributed by atoms with Gasteiger partial charge in [0.2, 0.25) is 5.78 Å². The number of halogens is 2. The molecule has 0 bridgehead atoms. The van der Waals surface area contributed by atoms with Crippen LogP contribution >= 0.6 is 23.2 Å². The number of carbonyl (C=O) groups excluding carboxylic acids is 2. The van der Waals surface area contributed by atoms with Gasteiger partial charge in [0.15, 0.2) is 0 Å². The Morgan fingerprint density at radius 1 is 1.35 bits per heavy atom. The highest BCUT2D eigenvalue weighted by molar-refractivity contribution is 6.37. The summed E-state index contributed by atoms with van der Waals surface area (Å²) in [5, 5.41) is 0.235. The third-order valence-corrected chi connectivity index (χ3v) is 2.67. The molecular weight excluding hydrogens is 303 g/mol. The second kappa shape index (κ2) is 7.26. The minimum atomic E-state index is -0.732. The summed E-state index contributed by atoms with van der Waals surface area (Å²) >= 11 is 11.7. The monoisotopic (exact) mass is 316 g/mol. The SMILES string of the molecule is CCOC(=O)/C(=C\N(C)C)C(=O)c1nc(Cl)ccc1Cl. The Balaban J connectivity index is 3.24. The molecule has 1 aromatic heterocycles. The molecule has 0 aliphatic carbocycles. The van der Waals surface area contributed by atoms with Gasteiger partial charge in [-0.3, -0.25) is 4.79 Å². The van der Waals surface area contributed by atoms with Gasteiger partial charge in [-0.1, -0.05) is 23.2 Å². The molecule has 1 heterocycles. The van der Waals surface area contributed by atoms with Crippen LogP contribution in [0.25, 0.3) is 0 Å². The van der Waals surface area contributed by atoms with Crippen LogP contribution in [-0.4, -0.2) is 42.3 Å². The topological polar surface area (TPSA) is 59.5 Å². The van der Waals surface area contributed by atoms with Crippen molar-refractivity contribution in [1.29, 1.82) is 0 Å². The summed E-state index contributed by atoms with van der Waals surface area (Å²) < 4.78 is 4.86. The number of Topliss-reactive ketones (excluding diaryl/α,β-unsaturated/α-hetero) is 1. The lowest BCUT2D eigenvalue weighted by Crippen LogP contribution is -2.20. The van der Waals surface area contributed by atoms with Crippen molar-refractivity contribution in [3.63, 3.8) is 0 Å². The van der Waals surface area contributed by atoms with Gasteiger partial charge >= 0.3 is 5.97 Å². The molecule has 0 fully saturated rings. The van der Waals surface area contributed by atoms with Gasteiger partial charge in [-0.2, -0.15) is 0 Å². The van der Waals surface area contributed by atoms with E-state index in [-0.39, 0.29) is 28.0 Å². The molecule has 108 valence electrons. The van der Waals surface area contributed by atoms with Crippen molar-refractivity contribution in [1.82, 2.24) is 9.88 Å². The van der Waals surface area contributed by atoms with E-state index in [1.54, 1.807) is 25.9 Å². The normalized spacial score (nSPS) is 11.2. The number of ketones is 1. The largest absolute Gasteiger partial charge is 0.462 e. The molecule has 0 saturated carbocycles. The van der Waals surface area contributed by atoms with Crippen molar-refractivity contribution in [3.8, 4) is 0 Å². The van der Waals surface area contributed by atoms with E-state index in [0.29, 0.717) is 0 Å². The van der Waals surface area contributed by atoms with Crippen LogP contribution in [0.3, 0.4) is 0 Å². The summed E-state index contributed by atoms with van der Waals surface area (Å²) in [6, 6.07) is 2.91. The van der Waals surface area contributed by atoms with Crippen LogP contribution in [0.15, 0.2) is 23.9 Å². The molecule has 0 N–H and O–H groups in total. The summed E-state index contributed by atoms with van der Waals surface area (Å²) in [5.41, 5.74) is -0.242. The van der Waals surface area contributed by atoms with E-state index in [4.69, 9.17) is 27.9 Å². The van der Waals surface area contributed by atoms with Crippen molar-refractivity contribution in [2.24, 2.45) is 0 Å². The molecule has 0 aromatic carbocycles. The van der Waals surface area contributed by atoms with E-state index < -0.39 is 11.8 Å². The molecular formula is C13H14Cl2N2O3. The Morgan fingerprint density at radius 3 is 2.55 bits per heavy atom. The van der Waals surface area contributed by atoms with Crippen molar-refractivity contribution >= 4 is 35.0 Å². The molecule has 0 radical (unpaired) electrons. The summed E-state index contributed by atoms with van der Waals surface area (Å²) in [6.07, 6.45) is 1.36. The van der Waals surface area contributed by atoms with Gasteiger partial charge < -0.3 is 9.64 Å². The maximum atomic E-state index is 12.4. The molecule has 0 spiro atoms. The van der Waals surface area contributed by atoms with Crippen LogP contribution < -0.4 is 0 Å². The lowest BCUT2D eigenvalue weighted by Gasteiger charge is -2.11. The first kappa shape index (κ1) is 16.5. The molecule has 1 rings (SSSR count). The molecule has 0 aliphatic heterocycles. The predicted octanol–water partition coefficient (Wildman–Crippen LogP) is 2.58. The zero-order valence-corrected chi connectivity index (χ0v) is 12.8. The highest BCUT2D eigenvalue weighted by Gasteiger charge is 2.25. The third kappa shape index (κ3) is 4.21. The second-order valence-corrected chi connectivity index (χ2v) is 4.81. The lowest BCUT2D eigenvalue weighted by molar-refractivity contribution is -0.138. The van der Waals surface area contributed by atoms with Crippen molar-refractivity contribution < 1.29 is 14.3 Å². The summed E-state index contributed by atoms with van der Waals surface area (Å²) in [5.74, 6) is -1.37. The Hall–Kier alpha value is -1.59. The minimum absolute atomic E-state index is 0.0830. The van der Waals surface area contributed by atoms with Crippen LogP contribution in [0, 0.1) is 0 Å². The number of hydrogen-bond acceptors (Lipinski definition) is 5. The summed E-state index contributed by atoms with van der Waals surface area (Å²) in [7, 11) is 3.36. The highest BCUT2D eigenvalue weighted by atomic mass is 35.5. The average Bonchev–Trinajstić information content (AvgIpc) is 2.38. The number of ether oxygens (including phenoxy) is 1. The first-order chi connectivity index (χ1) is 9.36. The summed E-state index contributed by atoms with van der Waals surface area (Å²) in [6.45, 7) is 1.81. The van der Waals surface area contributed by atoms with Crippen LogP contribution in [0.2, 0.25) is 10.2 Å². The average molecular weight is 317 g/mol. The van der Waals surface area contributed by atoms with Crippen LogP contribution in [0.5, 0.6) is 0 Å². The number of aromatic nitrogens is 1. The molecule has 1 aromatic rings. The molecule has 5 nitrogen and oxygen atoms in total. The zero-order chi connectivity index (χ0) is 15.3. The van der Waals surface area contributed by atoms with Gasteiger partial charge in [0, 0.05) is 20.3 Å². The van der Waals surface area contributed by atoms with Gasteiger partial charge in [0.1, 0.15) is 16.4 Å². The highest BCUT2D eigenvalue weighted by Crippen LogP contribution is 2.20. The molecule has 0 aliphatic rings. The Labute approximate surface area is 127 Å². The van der Waals surface area contributed by atoms with Crippen molar-refractivity contribution in [3.05, 3.63) is 39.8 Å². The number of carbonyl (C=O) groups is 2. The first-order valence-corrected chi connectivity index (χ1v) is 6.54. The standard InChI is InChI=1S/C13H14Cl2N2O3/c1-4-20-13(19)8(7-17(2)3)12(18)11-9(14)5-6-10(15)16-11/h5-7H,4H2,1-3H3/b8-7-. The van der Waals surface area contributed by atoms with Gasteiger partial charge in [-0.25, -0.2) is 9.78 Å². The molecule has 0 atom stereocenters. The molecule has 20 heavy (non-hydrogen) atoms. The van der Waals surface area contributed by atoms with Crippen molar-refractivity contribution in [2.75, 3.05) is 20.7 Å². The van der Waals surface area contributed by atoms with E-state index in [2.05, 4.69) is 4.98 Å². The van der Waals surface area contributed by atoms with Crippen LogP contribution in [0.4, 0.5) is 0 Å². The quantitative estimate of drug-likeness (QED) is 0.209. The molecule has 0 amide bonds. The van der Waals surface area contributed by atoms with E-state index >= 15 is 0 Å². The van der Waals surface area contributed by atoms with E-state index in [9.17, 15) is 9.59 Å². The maximum absolute atomic E-state index is 12.4. The number of esters is 1. The minimum Gasteiger partial charge on any atom is -0.462 e. The fourth-order valence-corrected chi connectivity index (χ4v) is 1.71. The number of rotatable bonds is 5. The van der Waals surface area contributed by atoms with Crippen molar-refractivity contribution in [2.45, 2.75) is 6.92 Å². The Kier molecular flexibility index (Phi) is 5.98. The van der Waals surface area contributed by atoms with Gasteiger partial charge in [-0.05, 0) is 19.1 Å². The lowest BCUT2D eigenvalue weighted by atomic mass is 10.1. The Morgan fingerprint density at radius 2 is 2.00 bits per heavy atom. The van der Waals surface area contributed by atoms with E-state index in [1.165, 1.54) is 18.3 Å². The maximum Gasteiger partial charge on any atom is 0.343 e. The first-order valence-electron chi connectivity index (χ1n) is 5.79. The summed E-state index contributed by atoms with van der Waals surface area (Å²) in [4.78, 5) is 29.6. The van der Waals surface area contributed by atoms with Gasteiger partial charge in [0.05, 0.1) is 11.6 Å². The number of pyridine rings is 1. The van der Waals surface area contributed by atoms with E-state index in [0.717, 1.165) is 0 Å². The molecule has 7 heteroatoms. The van der Waals surface area contributed by atoms with E-state index in [1.807, 2.05) is 0 Å². The fourth-order valence-electron chi connectivity index (χ4n) is 1.38. The van der Waals surface area contributed by atoms with Gasteiger partial charge in [0.25, 0.3) is 0 Å².